The molecule has 0 fully saturated rings. The molecule has 2 amide bonds. The molecule has 4 nitrogen and oxygen atoms in total. The first kappa shape index (κ1) is 22.5. The summed E-state index contributed by atoms with van der Waals surface area (Å²) >= 11 is 5.99. The predicted molar refractivity (Wildman–Crippen MR) is 120 cm³/mol. The first-order chi connectivity index (χ1) is 15.0. The fourth-order valence-electron chi connectivity index (χ4n) is 3.41. The normalized spacial score (nSPS) is 11.6. The summed E-state index contributed by atoms with van der Waals surface area (Å²) in [5, 5.41) is 3.25. The molecule has 31 heavy (non-hydrogen) atoms. The molecule has 3 aromatic carbocycles. The van der Waals surface area contributed by atoms with E-state index in [0.717, 1.165) is 11.1 Å². The lowest BCUT2D eigenvalue weighted by atomic mass is 10.0. The summed E-state index contributed by atoms with van der Waals surface area (Å²) in [6.45, 7) is 0.204. The minimum absolute atomic E-state index is 0.136. The van der Waals surface area contributed by atoms with Gasteiger partial charge in [0.1, 0.15) is 11.9 Å². The quantitative estimate of drug-likeness (QED) is 0.566. The molecule has 160 valence electrons. The molecular weight excluding hydrogens is 415 g/mol. The third-order valence-corrected chi connectivity index (χ3v) is 5.34. The molecule has 0 aliphatic carbocycles. The van der Waals surface area contributed by atoms with Crippen molar-refractivity contribution < 1.29 is 14.0 Å². The summed E-state index contributed by atoms with van der Waals surface area (Å²) in [6.07, 6.45) is 0.208. The fraction of sp³-hybridized carbons (Fsp3) is 0.200. The van der Waals surface area contributed by atoms with Crippen molar-refractivity contribution in [1.29, 1.82) is 0 Å². The lowest BCUT2D eigenvalue weighted by molar-refractivity contribution is -0.140. The van der Waals surface area contributed by atoms with Crippen LogP contribution in [0.3, 0.4) is 0 Å². The molecule has 0 saturated carbocycles. The zero-order valence-corrected chi connectivity index (χ0v) is 18.0. The van der Waals surface area contributed by atoms with Gasteiger partial charge in [-0.1, -0.05) is 72.3 Å². The van der Waals surface area contributed by atoms with E-state index in [4.69, 9.17) is 11.6 Å². The molecule has 0 aliphatic rings. The highest BCUT2D eigenvalue weighted by Gasteiger charge is 2.30. The molecule has 0 unspecified atom stereocenters. The van der Waals surface area contributed by atoms with Gasteiger partial charge in [-0.3, -0.25) is 9.59 Å². The molecule has 0 bridgehead atoms. The second kappa shape index (κ2) is 10.7. The summed E-state index contributed by atoms with van der Waals surface area (Å²) < 4.78 is 14.2. The van der Waals surface area contributed by atoms with Gasteiger partial charge in [0.2, 0.25) is 11.8 Å². The number of benzene rings is 3. The maximum absolute atomic E-state index is 14.2. The van der Waals surface area contributed by atoms with Gasteiger partial charge in [0.25, 0.3) is 0 Å². The van der Waals surface area contributed by atoms with E-state index in [9.17, 15) is 14.0 Å². The van der Waals surface area contributed by atoms with Gasteiger partial charge in [-0.25, -0.2) is 4.39 Å². The van der Waals surface area contributed by atoms with E-state index in [1.54, 1.807) is 37.4 Å². The van der Waals surface area contributed by atoms with Crippen molar-refractivity contribution in [2.45, 2.75) is 25.4 Å². The van der Waals surface area contributed by atoms with E-state index >= 15 is 0 Å². The van der Waals surface area contributed by atoms with Crippen LogP contribution in [0.5, 0.6) is 0 Å². The topological polar surface area (TPSA) is 49.4 Å². The van der Waals surface area contributed by atoms with Crippen molar-refractivity contribution >= 4 is 23.4 Å². The Kier molecular flexibility index (Phi) is 7.79. The summed E-state index contributed by atoms with van der Waals surface area (Å²) in [7, 11) is 1.54. The molecule has 0 spiro atoms. The molecule has 3 rings (SSSR count). The predicted octanol–water partition coefficient (Wildman–Crippen LogP) is 4.41. The number of likely N-dealkylation sites (N-methyl/N-ethyl adjacent to an activating group) is 1. The Morgan fingerprint density at radius 1 is 0.935 bits per heavy atom. The molecule has 0 aromatic heterocycles. The van der Waals surface area contributed by atoms with E-state index in [-0.39, 0.29) is 24.8 Å². The summed E-state index contributed by atoms with van der Waals surface area (Å²) in [6, 6.07) is 22.0. The molecule has 1 atom stereocenters. The van der Waals surface area contributed by atoms with Crippen LogP contribution in [0.2, 0.25) is 5.02 Å². The molecule has 0 aliphatic heterocycles. The number of carbonyl (C=O) groups excluding carboxylic acids is 2. The van der Waals surface area contributed by atoms with Gasteiger partial charge in [0, 0.05) is 25.0 Å². The van der Waals surface area contributed by atoms with E-state index < -0.39 is 11.9 Å². The van der Waals surface area contributed by atoms with Crippen molar-refractivity contribution in [1.82, 2.24) is 10.2 Å². The van der Waals surface area contributed by atoms with Crippen LogP contribution in [0, 0.1) is 5.82 Å². The number of hydrogen-bond acceptors (Lipinski definition) is 2. The van der Waals surface area contributed by atoms with Gasteiger partial charge in [-0.2, -0.15) is 0 Å². The molecular formula is C25H24ClFN2O2. The third kappa shape index (κ3) is 6.15. The summed E-state index contributed by atoms with van der Waals surface area (Å²) in [5.41, 5.74) is 2.05. The van der Waals surface area contributed by atoms with Crippen molar-refractivity contribution in [2.24, 2.45) is 0 Å². The van der Waals surface area contributed by atoms with Crippen LogP contribution in [-0.2, 0) is 29.0 Å². The Balaban J connectivity index is 1.94. The van der Waals surface area contributed by atoms with Crippen molar-refractivity contribution in [3.8, 4) is 0 Å². The minimum atomic E-state index is -0.748. The third-order valence-electron chi connectivity index (χ3n) is 5.08. The summed E-state index contributed by atoms with van der Waals surface area (Å²) in [5.74, 6) is -1.05. The monoisotopic (exact) mass is 438 g/mol. The van der Waals surface area contributed by atoms with E-state index in [1.165, 1.54) is 11.0 Å². The number of amides is 2. The SMILES string of the molecule is CNC(=O)[C@H](Cc1ccccc1)N(Cc1ccc(Cl)cc1)C(=O)Cc1ccccc1F. The molecule has 0 saturated heterocycles. The van der Waals surface area contributed by atoms with Crippen LogP contribution in [0.15, 0.2) is 78.9 Å². The van der Waals surface area contributed by atoms with E-state index in [2.05, 4.69) is 5.32 Å². The van der Waals surface area contributed by atoms with Gasteiger partial charge >= 0.3 is 0 Å². The van der Waals surface area contributed by atoms with Crippen molar-refractivity contribution in [2.75, 3.05) is 7.05 Å². The first-order valence-electron chi connectivity index (χ1n) is 10.0. The lowest BCUT2D eigenvalue weighted by Gasteiger charge is -2.31. The van der Waals surface area contributed by atoms with Crippen LogP contribution < -0.4 is 5.32 Å². The van der Waals surface area contributed by atoms with Crippen LogP contribution in [0.4, 0.5) is 4.39 Å². The van der Waals surface area contributed by atoms with Gasteiger partial charge in [-0.15, -0.1) is 0 Å². The van der Waals surface area contributed by atoms with Crippen LogP contribution in [0.1, 0.15) is 16.7 Å². The Bertz CT molecular complexity index is 1030. The second-order valence-corrected chi connectivity index (χ2v) is 7.67. The first-order valence-corrected chi connectivity index (χ1v) is 10.4. The Morgan fingerprint density at radius 2 is 1.58 bits per heavy atom. The Hall–Kier alpha value is -3.18. The number of nitrogens with one attached hydrogen (secondary N) is 1. The maximum Gasteiger partial charge on any atom is 0.242 e. The second-order valence-electron chi connectivity index (χ2n) is 7.24. The Morgan fingerprint density at radius 3 is 2.23 bits per heavy atom. The number of nitrogens with zero attached hydrogens (tertiary/aromatic N) is 1. The van der Waals surface area contributed by atoms with Gasteiger partial charge < -0.3 is 10.2 Å². The zero-order valence-electron chi connectivity index (χ0n) is 17.2. The van der Waals surface area contributed by atoms with Crippen LogP contribution in [0.25, 0.3) is 0 Å². The number of halogens is 2. The van der Waals surface area contributed by atoms with Gasteiger partial charge in [-0.05, 0) is 34.9 Å². The van der Waals surface area contributed by atoms with Crippen LogP contribution in [-0.4, -0.2) is 29.8 Å². The molecule has 0 radical (unpaired) electrons. The minimum Gasteiger partial charge on any atom is -0.357 e. The van der Waals surface area contributed by atoms with Crippen molar-refractivity contribution in [3.63, 3.8) is 0 Å². The molecule has 3 aromatic rings. The van der Waals surface area contributed by atoms with Crippen molar-refractivity contribution in [3.05, 3.63) is 106 Å². The van der Waals surface area contributed by atoms with E-state index in [1.807, 2.05) is 42.5 Å². The molecule has 1 N–H and O–H groups in total. The molecule has 0 heterocycles. The number of rotatable bonds is 8. The smallest absolute Gasteiger partial charge is 0.242 e. The number of hydrogen-bond donors (Lipinski definition) is 1. The highest BCUT2D eigenvalue weighted by Crippen LogP contribution is 2.18. The zero-order chi connectivity index (χ0) is 22.2. The standard InChI is InChI=1S/C25H24ClFN2O2/c1-28-25(31)23(15-18-7-3-2-4-8-18)29(17-19-11-13-21(26)14-12-19)24(30)16-20-9-5-6-10-22(20)27/h2-14,23H,15-17H2,1H3,(H,28,31)/t23-/m0/s1. The number of carbonyl (C=O) groups is 2. The maximum atomic E-state index is 14.2. The largest absolute Gasteiger partial charge is 0.357 e. The van der Waals surface area contributed by atoms with Crippen LogP contribution >= 0.6 is 11.6 Å². The fourth-order valence-corrected chi connectivity index (χ4v) is 3.54. The average molecular weight is 439 g/mol. The van der Waals surface area contributed by atoms with Gasteiger partial charge in [0.15, 0.2) is 0 Å². The highest BCUT2D eigenvalue weighted by molar-refractivity contribution is 6.30. The van der Waals surface area contributed by atoms with E-state index in [0.29, 0.717) is 17.0 Å². The highest BCUT2D eigenvalue weighted by atomic mass is 35.5. The summed E-state index contributed by atoms with van der Waals surface area (Å²) in [4.78, 5) is 27.7. The lowest BCUT2D eigenvalue weighted by Crippen LogP contribution is -2.50. The molecule has 6 heteroatoms. The van der Waals surface area contributed by atoms with Gasteiger partial charge in [0.05, 0.1) is 6.42 Å². The Labute approximate surface area is 186 Å². The average Bonchev–Trinajstić information content (AvgIpc) is 2.79.